The Morgan fingerprint density at radius 3 is 2.47 bits per heavy atom. The summed E-state index contributed by atoms with van der Waals surface area (Å²) in [6.45, 7) is 2.55. The molecular weight excluding hydrogens is 425 g/mol. The van der Waals surface area contributed by atoms with Crippen LogP contribution in [0.15, 0.2) is 60.7 Å². The minimum Gasteiger partial charge on any atom is -0.494 e. The molecule has 0 spiro atoms. The number of aromatic carboxylic acids is 1. The number of carboxylic acid groups (broad SMARTS) is 1. The van der Waals surface area contributed by atoms with E-state index in [-0.39, 0.29) is 23.0 Å². The van der Waals surface area contributed by atoms with Crippen molar-refractivity contribution in [1.29, 1.82) is 0 Å². The second kappa shape index (κ2) is 9.65. The second-order valence-electron chi connectivity index (χ2n) is 6.45. The lowest BCUT2D eigenvalue weighted by molar-refractivity contribution is 0.0696. The van der Waals surface area contributed by atoms with E-state index in [1.807, 2.05) is 31.2 Å². The first-order chi connectivity index (χ1) is 14.4. The minimum atomic E-state index is -0.991. The minimum absolute atomic E-state index is 0.202. The van der Waals surface area contributed by atoms with E-state index in [0.29, 0.717) is 22.9 Å². The molecule has 0 heterocycles. The number of benzene rings is 3. The third-order valence-electron chi connectivity index (χ3n) is 4.42. The van der Waals surface area contributed by atoms with Crippen LogP contribution in [0.3, 0.4) is 0 Å². The average Bonchev–Trinajstić information content (AvgIpc) is 2.73. The van der Waals surface area contributed by atoms with E-state index < -0.39 is 5.97 Å². The van der Waals surface area contributed by atoms with Crippen LogP contribution >= 0.6 is 23.2 Å². The molecule has 0 bridgehead atoms. The first-order valence-electron chi connectivity index (χ1n) is 9.21. The Balaban J connectivity index is 1.87. The Bertz CT molecular complexity index is 1100. The van der Waals surface area contributed by atoms with Gasteiger partial charge in [0.15, 0.2) is 0 Å². The van der Waals surface area contributed by atoms with Crippen LogP contribution in [0.4, 0.5) is 0 Å². The highest BCUT2D eigenvalue weighted by molar-refractivity contribution is 6.36. The van der Waals surface area contributed by atoms with Gasteiger partial charge in [0.25, 0.3) is 5.91 Å². The first kappa shape index (κ1) is 21.7. The van der Waals surface area contributed by atoms with E-state index in [0.717, 1.165) is 16.7 Å². The topological polar surface area (TPSA) is 75.6 Å². The van der Waals surface area contributed by atoms with Crippen LogP contribution in [0.1, 0.15) is 33.2 Å². The van der Waals surface area contributed by atoms with E-state index in [9.17, 15) is 14.7 Å². The van der Waals surface area contributed by atoms with Crippen LogP contribution in [0.5, 0.6) is 5.75 Å². The van der Waals surface area contributed by atoms with Gasteiger partial charge in [-0.15, -0.1) is 0 Å². The van der Waals surface area contributed by atoms with Gasteiger partial charge in [0.2, 0.25) is 0 Å². The smallest absolute Gasteiger partial charge is 0.335 e. The summed E-state index contributed by atoms with van der Waals surface area (Å²) in [5, 5.41) is 12.8. The molecule has 1 amide bonds. The Kier molecular flexibility index (Phi) is 6.98. The van der Waals surface area contributed by atoms with Crippen LogP contribution in [0, 0.1) is 0 Å². The molecule has 2 N–H and O–H groups in total. The number of halogens is 2. The lowest BCUT2D eigenvalue weighted by Gasteiger charge is -2.14. The molecule has 0 saturated carbocycles. The van der Waals surface area contributed by atoms with Gasteiger partial charge in [0.1, 0.15) is 5.75 Å². The number of hydrogen-bond donors (Lipinski definition) is 2. The molecule has 0 aliphatic rings. The molecule has 0 unspecified atom stereocenters. The van der Waals surface area contributed by atoms with Crippen molar-refractivity contribution in [2.45, 2.75) is 13.5 Å². The third kappa shape index (κ3) is 5.12. The highest BCUT2D eigenvalue weighted by Gasteiger charge is 2.13. The highest BCUT2D eigenvalue weighted by Crippen LogP contribution is 2.28. The number of hydrogen-bond acceptors (Lipinski definition) is 3. The van der Waals surface area contributed by atoms with Gasteiger partial charge in [-0.1, -0.05) is 41.4 Å². The summed E-state index contributed by atoms with van der Waals surface area (Å²) in [6.07, 6.45) is 0. The summed E-state index contributed by atoms with van der Waals surface area (Å²) in [5.41, 5.74) is 2.85. The lowest BCUT2D eigenvalue weighted by atomic mass is 10.0. The summed E-state index contributed by atoms with van der Waals surface area (Å²) < 4.78 is 5.68. The van der Waals surface area contributed by atoms with Crippen molar-refractivity contribution in [2.24, 2.45) is 0 Å². The Labute approximate surface area is 184 Å². The van der Waals surface area contributed by atoms with Crippen molar-refractivity contribution in [3.05, 3.63) is 87.4 Å². The molecule has 0 saturated heterocycles. The van der Waals surface area contributed by atoms with Crippen LogP contribution in [-0.4, -0.2) is 23.6 Å². The van der Waals surface area contributed by atoms with Gasteiger partial charge in [-0.3, -0.25) is 4.79 Å². The Morgan fingerprint density at radius 1 is 1.00 bits per heavy atom. The zero-order valence-corrected chi connectivity index (χ0v) is 17.6. The maximum Gasteiger partial charge on any atom is 0.335 e. The second-order valence-corrected chi connectivity index (χ2v) is 7.29. The molecule has 0 fully saturated rings. The monoisotopic (exact) mass is 443 g/mol. The average molecular weight is 444 g/mol. The quantitative estimate of drug-likeness (QED) is 0.491. The van der Waals surface area contributed by atoms with Crippen molar-refractivity contribution in [3.8, 4) is 16.9 Å². The van der Waals surface area contributed by atoms with Crippen molar-refractivity contribution in [3.63, 3.8) is 0 Å². The lowest BCUT2D eigenvalue weighted by Crippen LogP contribution is -2.23. The molecule has 0 atom stereocenters. The number of rotatable bonds is 7. The SMILES string of the molecule is CCOc1ccc(-c2cccc(C(=O)O)c2)cc1CNC(=O)c1ccc(Cl)cc1Cl. The van der Waals surface area contributed by atoms with Gasteiger partial charge in [0, 0.05) is 17.1 Å². The van der Waals surface area contributed by atoms with Crippen LogP contribution in [-0.2, 0) is 6.54 Å². The van der Waals surface area contributed by atoms with Gasteiger partial charge in [-0.25, -0.2) is 4.79 Å². The normalized spacial score (nSPS) is 10.5. The van der Waals surface area contributed by atoms with E-state index in [1.165, 1.54) is 12.1 Å². The largest absolute Gasteiger partial charge is 0.494 e. The Hall–Kier alpha value is -3.02. The molecule has 0 radical (unpaired) electrons. The van der Waals surface area contributed by atoms with E-state index in [1.54, 1.807) is 24.3 Å². The predicted octanol–water partition coefficient (Wildman–Crippen LogP) is 5.69. The molecule has 154 valence electrons. The van der Waals surface area contributed by atoms with E-state index in [4.69, 9.17) is 27.9 Å². The molecule has 7 heteroatoms. The number of ether oxygens (including phenoxy) is 1. The fourth-order valence-electron chi connectivity index (χ4n) is 2.97. The summed E-state index contributed by atoms with van der Waals surface area (Å²) in [7, 11) is 0. The zero-order chi connectivity index (χ0) is 21.7. The molecule has 3 rings (SSSR count). The zero-order valence-electron chi connectivity index (χ0n) is 16.1. The fourth-order valence-corrected chi connectivity index (χ4v) is 3.46. The molecular formula is C23H19Cl2NO4. The highest BCUT2D eigenvalue weighted by atomic mass is 35.5. The van der Waals surface area contributed by atoms with Crippen molar-refractivity contribution >= 4 is 35.1 Å². The molecule has 30 heavy (non-hydrogen) atoms. The van der Waals surface area contributed by atoms with Gasteiger partial charge < -0.3 is 15.2 Å². The molecule has 3 aromatic rings. The summed E-state index contributed by atoms with van der Waals surface area (Å²) in [5.74, 6) is -0.689. The molecule has 0 aliphatic heterocycles. The standard InChI is InChI=1S/C23H19Cl2NO4/c1-2-30-21-9-6-15(14-4-3-5-16(10-14)23(28)29)11-17(21)13-26-22(27)19-8-7-18(24)12-20(19)25/h3-12H,2,13H2,1H3,(H,26,27)(H,28,29). The number of nitrogens with one attached hydrogen (secondary N) is 1. The van der Waals surface area contributed by atoms with Crippen molar-refractivity contribution in [1.82, 2.24) is 5.32 Å². The van der Waals surface area contributed by atoms with Crippen LogP contribution in [0.2, 0.25) is 10.0 Å². The van der Waals surface area contributed by atoms with Crippen molar-refractivity contribution in [2.75, 3.05) is 6.61 Å². The number of carboxylic acids is 1. The van der Waals surface area contributed by atoms with Crippen LogP contribution < -0.4 is 10.1 Å². The molecule has 0 aliphatic carbocycles. The maximum atomic E-state index is 12.5. The number of carbonyl (C=O) groups is 2. The van der Waals surface area contributed by atoms with Gasteiger partial charge in [-0.2, -0.15) is 0 Å². The van der Waals surface area contributed by atoms with Crippen LogP contribution in [0.25, 0.3) is 11.1 Å². The Morgan fingerprint density at radius 2 is 1.77 bits per heavy atom. The number of carbonyl (C=O) groups excluding carboxylic acids is 1. The van der Waals surface area contributed by atoms with Gasteiger partial charge >= 0.3 is 5.97 Å². The molecule has 5 nitrogen and oxygen atoms in total. The first-order valence-corrected chi connectivity index (χ1v) is 9.97. The maximum absolute atomic E-state index is 12.5. The predicted molar refractivity (Wildman–Crippen MR) is 118 cm³/mol. The molecule has 0 aromatic heterocycles. The van der Waals surface area contributed by atoms with Gasteiger partial charge in [-0.05, 0) is 60.5 Å². The van der Waals surface area contributed by atoms with Gasteiger partial charge in [0.05, 0.1) is 22.8 Å². The van der Waals surface area contributed by atoms with Crippen molar-refractivity contribution < 1.29 is 19.4 Å². The molecule has 3 aromatic carbocycles. The summed E-state index contributed by atoms with van der Waals surface area (Å²) >= 11 is 12.0. The van der Waals surface area contributed by atoms with E-state index in [2.05, 4.69) is 5.32 Å². The summed E-state index contributed by atoms with van der Waals surface area (Å²) in [4.78, 5) is 23.8. The van der Waals surface area contributed by atoms with E-state index >= 15 is 0 Å². The third-order valence-corrected chi connectivity index (χ3v) is 4.97. The summed E-state index contributed by atoms with van der Waals surface area (Å²) in [6, 6.07) is 16.9. The number of amides is 1. The fraction of sp³-hybridized carbons (Fsp3) is 0.130.